The quantitative estimate of drug-likeness (QED) is 0.371. The van der Waals surface area contributed by atoms with Gasteiger partial charge < -0.3 is 9.30 Å². The van der Waals surface area contributed by atoms with E-state index < -0.39 is 0 Å². The second-order valence-corrected chi connectivity index (χ2v) is 6.66. The number of esters is 1. The standard InChI is InChI=1S/C22H22N2O2S/c1-4-26-22(25)17-9-11-19(12-10-17)24-15(2)13-18(16(24)3)14-23-20-7-5-6-8-21(20)27/h5-14,27H,4H2,1-3H3. The second-order valence-electron chi connectivity index (χ2n) is 6.18. The van der Waals surface area contributed by atoms with E-state index in [9.17, 15) is 4.79 Å². The average Bonchev–Trinajstić information content (AvgIpc) is 2.95. The molecule has 2 aromatic carbocycles. The molecule has 0 fully saturated rings. The van der Waals surface area contributed by atoms with Crippen molar-refractivity contribution in [3.63, 3.8) is 0 Å². The van der Waals surface area contributed by atoms with Gasteiger partial charge in [-0.05, 0) is 63.2 Å². The molecule has 3 aromatic rings. The number of hydrogen-bond donors (Lipinski definition) is 1. The smallest absolute Gasteiger partial charge is 0.338 e. The topological polar surface area (TPSA) is 43.6 Å². The minimum Gasteiger partial charge on any atom is -0.462 e. The van der Waals surface area contributed by atoms with Gasteiger partial charge in [0.25, 0.3) is 0 Å². The maximum absolute atomic E-state index is 11.8. The highest BCUT2D eigenvalue weighted by atomic mass is 32.1. The van der Waals surface area contributed by atoms with Crippen LogP contribution in [0.5, 0.6) is 0 Å². The lowest BCUT2D eigenvalue weighted by molar-refractivity contribution is 0.0526. The molecular formula is C22H22N2O2S. The van der Waals surface area contributed by atoms with Crippen molar-refractivity contribution in [1.29, 1.82) is 0 Å². The van der Waals surface area contributed by atoms with Crippen LogP contribution in [-0.2, 0) is 4.74 Å². The van der Waals surface area contributed by atoms with E-state index in [0.717, 1.165) is 33.2 Å². The molecule has 0 spiro atoms. The number of aromatic nitrogens is 1. The summed E-state index contributed by atoms with van der Waals surface area (Å²) >= 11 is 4.44. The normalized spacial score (nSPS) is 11.1. The van der Waals surface area contributed by atoms with Crippen LogP contribution in [0.2, 0.25) is 0 Å². The third-order valence-corrected chi connectivity index (χ3v) is 4.71. The molecule has 1 aromatic heterocycles. The molecule has 0 aliphatic carbocycles. The molecule has 0 saturated heterocycles. The van der Waals surface area contributed by atoms with Gasteiger partial charge in [0.15, 0.2) is 0 Å². The van der Waals surface area contributed by atoms with Crippen molar-refractivity contribution in [2.45, 2.75) is 25.7 Å². The van der Waals surface area contributed by atoms with Crippen LogP contribution in [0.3, 0.4) is 0 Å². The molecule has 0 radical (unpaired) electrons. The minimum atomic E-state index is -0.303. The summed E-state index contributed by atoms with van der Waals surface area (Å²) in [5.74, 6) is -0.303. The summed E-state index contributed by atoms with van der Waals surface area (Å²) < 4.78 is 7.18. The summed E-state index contributed by atoms with van der Waals surface area (Å²) in [6.45, 7) is 6.28. The highest BCUT2D eigenvalue weighted by Gasteiger charge is 2.11. The van der Waals surface area contributed by atoms with Crippen LogP contribution >= 0.6 is 12.6 Å². The molecule has 0 unspecified atom stereocenters. The Balaban J connectivity index is 1.90. The molecule has 0 amide bonds. The summed E-state index contributed by atoms with van der Waals surface area (Å²) in [4.78, 5) is 17.2. The van der Waals surface area contributed by atoms with Crippen LogP contribution in [0.25, 0.3) is 5.69 Å². The molecule has 0 saturated carbocycles. The van der Waals surface area contributed by atoms with E-state index in [-0.39, 0.29) is 5.97 Å². The number of benzene rings is 2. The van der Waals surface area contributed by atoms with Crippen LogP contribution < -0.4 is 0 Å². The van der Waals surface area contributed by atoms with Crippen molar-refractivity contribution < 1.29 is 9.53 Å². The van der Waals surface area contributed by atoms with Gasteiger partial charge in [-0.2, -0.15) is 0 Å². The molecule has 5 heteroatoms. The Bertz CT molecular complexity index is 988. The fraction of sp³-hybridized carbons (Fsp3) is 0.182. The summed E-state index contributed by atoms with van der Waals surface area (Å²) in [5.41, 5.74) is 5.60. The van der Waals surface area contributed by atoms with Gasteiger partial charge in [-0.25, -0.2) is 4.79 Å². The summed E-state index contributed by atoms with van der Waals surface area (Å²) in [5, 5.41) is 0. The molecule has 0 atom stereocenters. The Labute approximate surface area is 164 Å². The molecule has 3 rings (SSSR count). The molecule has 4 nitrogen and oxygen atoms in total. The van der Waals surface area contributed by atoms with E-state index in [1.165, 1.54) is 0 Å². The fourth-order valence-corrected chi connectivity index (χ4v) is 3.21. The fourth-order valence-electron chi connectivity index (χ4n) is 2.99. The zero-order chi connectivity index (χ0) is 19.4. The maximum atomic E-state index is 11.8. The van der Waals surface area contributed by atoms with Gasteiger partial charge in [0.05, 0.1) is 17.9 Å². The lowest BCUT2D eigenvalue weighted by Crippen LogP contribution is -2.05. The van der Waals surface area contributed by atoms with Gasteiger partial charge in [0, 0.05) is 33.7 Å². The molecule has 0 aliphatic rings. The molecule has 138 valence electrons. The maximum Gasteiger partial charge on any atom is 0.338 e. The van der Waals surface area contributed by atoms with Gasteiger partial charge >= 0.3 is 5.97 Å². The van der Waals surface area contributed by atoms with E-state index in [1.54, 1.807) is 19.1 Å². The molecule has 27 heavy (non-hydrogen) atoms. The van der Waals surface area contributed by atoms with Crippen molar-refractivity contribution in [3.05, 3.63) is 77.1 Å². The average molecular weight is 378 g/mol. The molecule has 1 heterocycles. The number of hydrogen-bond acceptors (Lipinski definition) is 4. The van der Waals surface area contributed by atoms with Crippen LogP contribution in [0.15, 0.2) is 64.5 Å². The number of para-hydroxylation sites is 1. The number of carbonyl (C=O) groups is 1. The number of thiol groups is 1. The lowest BCUT2D eigenvalue weighted by atomic mass is 10.2. The van der Waals surface area contributed by atoms with Gasteiger partial charge in [-0.15, -0.1) is 12.6 Å². The van der Waals surface area contributed by atoms with Gasteiger partial charge in [0.2, 0.25) is 0 Å². The third kappa shape index (κ3) is 4.14. The largest absolute Gasteiger partial charge is 0.462 e. The number of carbonyl (C=O) groups excluding carboxylic acids is 1. The van der Waals surface area contributed by atoms with Crippen LogP contribution in [0.4, 0.5) is 5.69 Å². The van der Waals surface area contributed by atoms with Crippen LogP contribution in [0, 0.1) is 13.8 Å². The predicted molar refractivity (Wildman–Crippen MR) is 112 cm³/mol. The first-order valence-electron chi connectivity index (χ1n) is 8.80. The number of nitrogens with zero attached hydrogens (tertiary/aromatic N) is 2. The summed E-state index contributed by atoms with van der Waals surface area (Å²) in [6, 6.07) is 17.3. The van der Waals surface area contributed by atoms with Crippen molar-refractivity contribution in [2.75, 3.05) is 6.61 Å². The van der Waals surface area contributed by atoms with Crippen molar-refractivity contribution in [1.82, 2.24) is 4.57 Å². The van der Waals surface area contributed by atoms with Gasteiger partial charge in [-0.3, -0.25) is 4.99 Å². The van der Waals surface area contributed by atoms with E-state index in [0.29, 0.717) is 12.2 Å². The molecular weight excluding hydrogens is 356 g/mol. The zero-order valence-corrected chi connectivity index (χ0v) is 16.5. The van der Waals surface area contributed by atoms with E-state index >= 15 is 0 Å². The highest BCUT2D eigenvalue weighted by Crippen LogP contribution is 2.24. The van der Waals surface area contributed by atoms with E-state index in [2.05, 4.69) is 42.1 Å². The lowest BCUT2D eigenvalue weighted by Gasteiger charge is -2.10. The summed E-state index contributed by atoms with van der Waals surface area (Å²) in [7, 11) is 0. The summed E-state index contributed by atoms with van der Waals surface area (Å²) in [6.07, 6.45) is 1.86. The Morgan fingerprint density at radius 1 is 1.15 bits per heavy atom. The Hall–Kier alpha value is -2.79. The first-order chi connectivity index (χ1) is 13.0. The highest BCUT2D eigenvalue weighted by molar-refractivity contribution is 7.80. The first-order valence-corrected chi connectivity index (χ1v) is 9.24. The van der Waals surface area contributed by atoms with Gasteiger partial charge in [0.1, 0.15) is 0 Å². The Morgan fingerprint density at radius 2 is 1.85 bits per heavy atom. The van der Waals surface area contributed by atoms with Crippen molar-refractivity contribution in [3.8, 4) is 5.69 Å². The van der Waals surface area contributed by atoms with Gasteiger partial charge in [-0.1, -0.05) is 12.1 Å². The predicted octanol–water partition coefficient (Wildman–Crippen LogP) is 5.31. The minimum absolute atomic E-state index is 0.303. The Morgan fingerprint density at radius 3 is 2.52 bits per heavy atom. The van der Waals surface area contributed by atoms with E-state index in [4.69, 9.17) is 4.74 Å². The van der Waals surface area contributed by atoms with Crippen LogP contribution in [-0.4, -0.2) is 23.4 Å². The SMILES string of the molecule is CCOC(=O)c1ccc(-n2c(C)cc(C=Nc3ccccc3S)c2C)cc1. The number of aryl methyl sites for hydroxylation is 1. The van der Waals surface area contributed by atoms with Crippen molar-refractivity contribution >= 4 is 30.5 Å². The molecule has 0 N–H and O–H groups in total. The number of ether oxygens (including phenoxy) is 1. The third-order valence-electron chi connectivity index (χ3n) is 4.33. The van der Waals surface area contributed by atoms with Crippen molar-refractivity contribution in [2.24, 2.45) is 4.99 Å². The first kappa shape index (κ1) is 19.0. The zero-order valence-electron chi connectivity index (χ0n) is 15.6. The monoisotopic (exact) mass is 378 g/mol. The van der Waals surface area contributed by atoms with E-state index in [1.807, 2.05) is 42.6 Å². The second kappa shape index (κ2) is 8.27. The number of aliphatic imine (C=N–C) groups is 1. The molecule has 0 aliphatic heterocycles. The Kier molecular flexibility index (Phi) is 5.81. The van der Waals surface area contributed by atoms with Crippen LogP contribution in [0.1, 0.15) is 34.2 Å². The molecule has 0 bridgehead atoms. The number of rotatable bonds is 5.